The molecule has 2 aromatic rings. The number of thioether (sulfide) groups is 2. The lowest BCUT2D eigenvalue weighted by Gasteiger charge is -2.27. The number of benzene rings is 2. The highest BCUT2D eigenvalue weighted by atomic mass is 35.5. The Morgan fingerprint density at radius 1 is 0.568 bits per heavy atom. The van der Waals surface area contributed by atoms with E-state index in [1.165, 1.54) is 12.1 Å². The SMILES string of the molecule is Cc1cc(SC(F)(F)C(F)(F)F)cc(C)c1N.Nc1c(Cl)cc(SC(F)(F)C(F)(F)C(F)(F)F)cc1Cl. The maximum Gasteiger partial charge on any atom is 0.464 e. The Kier molecular flexibility index (Phi) is 10.2. The van der Waals surface area contributed by atoms with Gasteiger partial charge in [-0.3, -0.25) is 0 Å². The van der Waals surface area contributed by atoms with Gasteiger partial charge in [0.05, 0.1) is 15.7 Å². The molecule has 0 aliphatic heterocycles. The van der Waals surface area contributed by atoms with Crippen LogP contribution in [0.3, 0.4) is 0 Å². The van der Waals surface area contributed by atoms with Gasteiger partial charge in [-0.25, -0.2) is 0 Å². The first-order valence-corrected chi connectivity index (χ1v) is 11.5. The standard InChI is InChI=1S/C10H10F5NS.C9H4Cl2F7NS/c1-5-3-7(4-6(2)8(5)16)17-10(14,15)9(11,12)13;10-4-1-3(2-5(11)6(4)19)20-9(17,18)7(12,13)8(14,15)16/h3-4H,16H2,1-2H3;1-2H,19H2. The summed E-state index contributed by atoms with van der Waals surface area (Å²) in [5.41, 5.74) is 12.0. The minimum Gasteiger partial charge on any atom is -0.398 e. The second-order valence-corrected chi connectivity index (χ2v) is 10.3. The zero-order valence-electron chi connectivity index (χ0n) is 18.1. The lowest BCUT2D eigenvalue weighted by molar-refractivity contribution is -0.330. The van der Waals surface area contributed by atoms with Gasteiger partial charge in [0.2, 0.25) is 0 Å². The Morgan fingerprint density at radius 2 is 0.919 bits per heavy atom. The first-order valence-electron chi connectivity index (χ1n) is 9.10. The van der Waals surface area contributed by atoms with Crippen molar-refractivity contribution in [2.45, 2.75) is 52.4 Å². The molecule has 0 aliphatic carbocycles. The second-order valence-electron chi connectivity index (χ2n) is 7.08. The van der Waals surface area contributed by atoms with E-state index in [2.05, 4.69) is 0 Å². The van der Waals surface area contributed by atoms with Crippen LogP contribution in [0.15, 0.2) is 34.1 Å². The molecule has 0 saturated carbocycles. The predicted molar refractivity (Wildman–Crippen MR) is 120 cm³/mol. The molecule has 0 aromatic heterocycles. The van der Waals surface area contributed by atoms with Crippen LogP contribution in [0.1, 0.15) is 11.1 Å². The maximum absolute atomic E-state index is 13.1. The van der Waals surface area contributed by atoms with Crippen molar-refractivity contribution in [1.82, 2.24) is 0 Å². The molecule has 0 amide bonds. The molecule has 2 aromatic carbocycles. The summed E-state index contributed by atoms with van der Waals surface area (Å²) in [5.74, 6) is -6.22. The van der Waals surface area contributed by atoms with E-state index in [-0.39, 0.29) is 20.6 Å². The smallest absolute Gasteiger partial charge is 0.398 e. The van der Waals surface area contributed by atoms with E-state index in [0.717, 1.165) is 0 Å². The highest BCUT2D eigenvalue weighted by Gasteiger charge is 2.73. The fourth-order valence-corrected chi connectivity index (χ4v) is 4.59. The molecule has 0 fully saturated rings. The van der Waals surface area contributed by atoms with Crippen LogP contribution in [0.25, 0.3) is 0 Å². The van der Waals surface area contributed by atoms with Crippen LogP contribution < -0.4 is 11.5 Å². The van der Waals surface area contributed by atoms with Crippen LogP contribution in [0.2, 0.25) is 10.0 Å². The molecule has 0 atom stereocenters. The Hall–Kier alpha value is -1.52. The van der Waals surface area contributed by atoms with E-state index in [4.69, 9.17) is 34.7 Å². The normalized spacial score (nSPS) is 13.3. The number of halogens is 14. The van der Waals surface area contributed by atoms with E-state index in [0.29, 0.717) is 28.9 Å². The summed E-state index contributed by atoms with van der Waals surface area (Å²) < 4.78 is 149. The maximum atomic E-state index is 13.1. The first-order chi connectivity index (χ1) is 16.3. The molecule has 0 saturated heterocycles. The highest BCUT2D eigenvalue weighted by Crippen LogP contribution is 2.54. The van der Waals surface area contributed by atoms with Gasteiger partial charge < -0.3 is 11.5 Å². The number of nitrogen functional groups attached to an aromatic ring is 2. The van der Waals surface area contributed by atoms with E-state index in [1.807, 2.05) is 0 Å². The number of alkyl halides is 12. The second kappa shape index (κ2) is 11.3. The van der Waals surface area contributed by atoms with Crippen molar-refractivity contribution >= 4 is 58.1 Å². The van der Waals surface area contributed by atoms with Crippen LogP contribution in [-0.4, -0.2) is 28.8 Å². The molecule has 0 spiro atoms. The number of rotatable bonds is 5. The summed E-state index contributed by atoms with van der Waals surface area (Å²) in [5, 5.41) is -10.9. The van der Waals surface area contributed by atoms with E-state index in [1.54, 1.807) is 13.8 Å². The zero-order chi connectivity index (χ0) is 29.4. The molecule has 0 bridgehead atoms. The van der Waals surface area contributed by atoms with Crippen LogP contribution in [0, 0.1) is 13.8 Å². The van der Waals surface area contributed by atoms with Crippen LogP contribution in [0.5, 0.6) is 0 Å². The fourth-order valence-electron chi connectivity index (χ4n) is 2.20. The minimum atomic E-state index is -6.40. The molecular weight excluding hydrogens is 619 g/mol. The largest absolute Gasteiger partial charge is 0.464 e. The third-order valence-electron chi connectivity index (χ3n) is 4.16. The van der Waals surface area contributed by atoms with E-state index >= 15 is 0 Å². The number of hydrogen-bond donors (Lipinski definition) is 2. The van der Waals surface area contributed by atoms with Crippen molar-refractivity contribution in [3.05, 3.63) is 45.4 Å². The summed E-state index contributed by atoms with van der Waals surface area (Å²) in [6, 6.07) is 3.86. The topological polar surface area (TPSA) is 52.0 Å². The van der Waals surface area contributed by atoms with E-state index in [9.17, 15) is 52.7 Å². The van der Waals surface area contributed by atoms with Crippen LogP contribution >= 0.6 is 46.7 Å². The molecule has 0 aliphatic rings. The number of hydrogen-bond acceptors (Lipinski definition) is 4. The molecule has 37 heavy (non-hydrogen) atoms. The number of anilines is 2. The predicted octanol–water partition coefficient (Wildman–Crippen LogP) is 9.59. The Morgan fingerprint density at radius 3 is 1.27 bits per heavy atom. The van der Waals surface area contributed by atoms with Gasteiger partial charge in [-0.1, -0.05) is 23.2 Å². The monoisotopic (exact) mass is 632 g/mol. The Balaban J connectivity index is 0.000000375. The zero-order valence-corrected chi connectivity index (χ0v) is 21.2. The Labute approximate surface area is 220 Å². The molecular formula is C19H14Cl2F12N2S2. The number of aryl methyl sites for hydroxylation is 2. The third-order valence-corrected chi connectivity index (χ3v) is 6.73. The summed E-state index contributed by atoms with van der Waals surface area (Å²) in [6.07, 6.45) is -12.0. The van der Waals surface area contributed by atoms with Gasteiger partial charge in [0, 0.05) is 15.5 Å². The van der Waals surface area contributed by atoms with Crippen molar-refractivity contribution in [2.24, 2.45) is 0 Å². The van der Waals surface area contributed by atoms with Gasteiger partial charge in [0.1, 0.15) is 0 Å². The van der Waals surface area contributed by atoms with Crippen LogP contribution in [0.4, 0.5) is 64.1 Å². The van der Waals surface area contributed by atoms with Crippen molar-refractivity contribution in [3.63, 3.8) is 0 Å². The molecule has 0 heterocycles. The van der Waals surface area contributed by atoms with Gasteiger partial charge >= 0.3 is 28.8 Å². The molecule has 2 nitrogen and oxygen atoms in total. The number of nitrogens with two attached hydrogens (primary N) is 2. The molecule has 210 valence electrons. The van der Waals surface area contributed by atoms with Gasteiger partial charge in [0.15, 0.2) is 0 Å². The summed E-state index contributed by atoms with van der Waals surface area (Å²) in [4.78, 5) is -0.834. The van der Waals surface area contributed by atoms with Crippen molar-refractivity contribution < 1.29 is 52.7 Å². The van der Waals surface area contributed by atoms with Crippen molar-refractivity contribution in [2.75, 3.05) is 11.5 Å². The van der Waals surface area contributed by atoms with Gasteiger partial charge in [0.25, 0.3) is 0 Å². The first kappa shape index (κ1) is 33.5. The highest BCUT2D eigenvalue weighted by molar-refractivity contribution is 8.00. The third kappa shape index (κ3) is 7.99. The minimum absolute atomic E-state index is 0.156. The van der Waals surface area contributed by atoms with Gasteiger partial charge in [-0.15, -0.1) is 0 Å². The fraction of sp³-hybridized carbons (Fsp3) is 0.368. The average Bonchev–Trinajstić information content (AvgIpc) is 2.68. The summed E-state index contributed by atoms with van der Waals surface area (Å²) in [6.45, 7) is 3.11. The quantitative estimate of drug-likeness (QED) is 0.196. The lowest BCUT2D eigenvalue weighted by atomic mass is 10.1. The molecule has 4 N–H and O–H groups in total. The average molecular weight is 633 g/mol. The van der Waals surface area contributed by atoms with Crippen molar-refractivity contribution in [1.29, 1.82) is 0 Å². The summed E-state index contributed by atoms with van der Waals surface area (Å²) >= 11 is 9.41. The van der Waals surface area contributed by atoms with Gasteiger partial charge in [-0.05, 0) is 72.8 Å². The Bertz CT molecular complexity index is 1080. The molecule has 2 rings (SSSR count). The van der Waals surface area contributed by atoms with Crippen molar-refractivity contribution in [3.8, 4) is 0 Å². The van der Waals surface area contributed by atoms with E-state index < -0.39 is 57.2 Å². The molecule has 18 heteroatoms. The molecule has 0 unspecified atom stereocenters. The van der Waals surface area contributed by atoms with Gasteiger partial charge in [-0.2, -0.15) is 52.7 Å². The summed E-state index contributed by atoms with van der Waals surface area (Å²) in [7, 11) is 0. The lowest BCUT2D eigenvalue weighted by Crippen LogP contribution is -2.49. The van der Waals surface area contributed by atoms with Crippen LogP contribution in [-0.2, 0) is 0 Å². The molecule has 0 radical (unpaired) electrons.